The number of hydrogen-bond acceptors (Lipinski definition) is 8. The van der Waals surface area contributed by atoms with Crippen molar-refractivity contribution in [2.45, 2.75) is 108 Å². The third-order valence-electron chi connectivity index (χ3n) is 12.2. The molecule has 5 aliphatic carbocycles. The van der Waals surface area contributed by atoms with Gasteiger partial charge in [0.2, 0.25) is 0 Å². The van der Waals surface area contributed by atoms with Gasteiger partial charge in [-0.15, -0.1) is 0 Å². The van der Waals surface area contributed by atoms with Crippen LogP contribution in [0.5, 0.6) is 0 Å². The predicted octanol–water partition coefficient (Wildman–Crippen LogP) is 2.18. The van der Waals surface area contributed by atoms with Gasteiger partial charge in [-0.25, -0.2) is 0 Å². The molecule has 208 valence electrons. The molecule has 13 unspecified atom stereocenters. The van der Waals surface area contributed by atoms with Crippen LogP contribution in [0, 0.1) is 40.4 Å². The molecule has 2 aliphatic heterocycles. The van der Waals surface area contributed by atoms with Gasteiger partial charge in [0.1, 0.15) is 23.9 Å². The Morgan fingerprint density at radius 2 is 1.63 bits per heavy atom. The number of hydrogen-bond donors (Lipinski definition) is 4. The summed E-state index contributed by atoms with van der Waals surface area (Å²) in [6.45, 7) is 9.15. The maximum Gasteiger partial charge on any atom is 0.313 e. The Bertz CT molecular complexity index is 1210. The van der Waals surface area contributed by atoms with Gasteiger partial charge in [0, 0.05) is 17.8 Å². The van der Waals surface area contributed by atoms with Crippen molar-refractivity contribution in [2.24, 2.45) is 40.4 Å². The summed E-state index contributed by atoms with van der Waals surface area (Å²) in [5.74, 6) is -2.02. The molecule has 7 rings (SSSR count). The number of esters is 2. The van der Waals surface area contributed by atoms with Crippen molar-refractivity contribution >= 4 is 11.9 Å². The minimum absolute atomic E-state index is 0.00706. The van der Waals surface area contributed by atoms with Gasteiger partial charge in [0.15, 0.2) is 0 Å². The highest BCUT2D eigenvalue weighted by atomic mass is 16.6. The van der Waals surface area contributed by atoms with Crippen molar-refractivity contribution < 1.29 is 39.5 Å². The molecule has 0 amide bonds. The Kier molecular flexibility index (Phi) is 4.73. The summed E-state index contributed by atoms with van der Waals surface area (Å²) in [6.07, 6.45) is 2.56. The smallest absolute Gasteiger partial charge is 0.313 e. The van der Waals surface area contributed by atoms with Gasteiger partial charge in [-0.2, -0.15) is 0 Å². The number of aliphatic hydroxyl groups excluding tert-OH is 1. The molecule has 2 saturated carbocycles. The van der Waals surface area contributed by atoms with Crippen LogP contribution in [-0.2, 0) is 19.1 Å². The van der Waals surface area contributed by atoms with Crippen LogP contribution < -0.4 is 0 Å². The molecular weight excluding hydrogens is 488 g/mol. The first-order valence-corrected chi connectivity index (χ1v) is 14.3. The molecule has 0 aromatic heterocycles. The molecule has 38 heavy (non-hydrogen) atoms. The molecule has 0 radical (unpaired) electrons. The zero-order valence-electron chi connectivity index (χ0n) is 22.9. The van der Waals surface area contributed by atoms with E-state index in [9.17, 15) is 30.0 Å². The molecular formula is C30H40O8. The fraction of sp³-hybridized carbons (Fsp3) is 0.800. The maximum atomic E-state index is 14.1. The fourth-order valence-electron chi connectivity index (χ4n) is 10.4. The molecule has 1 spiro atoms. The van der Waals surface area contributed by atoms with E-state index < -0.39 is 45.8 Å². The first-order chi connectivity index (χ1) is 17.6. The van der Waals surface area contributed by atoms with Crippen molar-refractivity contribution in [3.8, 4) is 0 Å². The normalized spacial score (nSPS) is 58.6. The van der Waals surface area contributed by atoms with E-state index in [0.717, 1.165) is 11.1 Å². The lowest BCUT2D eigenvalue weighted by Crippen LogP contribution is -2.50. The van der Waals surface area contributed by atoms with Crippen molar-refractivity contribution in [2.75, 3.05) is 0 Å². The van der Waals surface area contributed by atoms with Crippen LogP contribution in [0.4, 0.5) is 0 Å². The van der Waals surface area contributed by atoms with Crippen LogP contribution in [0.2, 0.25) is 0 Å². The van der Waals surface area contributed by atoms with Crippen molar-refractivity contribution in [3.63, 3.8) is 0 Å². The number of carbonyl (C=O) groups is 2. The number of carbonyl (C=O) groups excluding carboxylic acids is 2. The summed E-state index contributed by atoms with van der Waals surface area (Å²) < 4.78 is 12.2. The van der Waals surface area contributed by atoms with E-state index >= 15 is 0 Å². The van der Waals surface area contributed by atoms with Crippen molar-refractivity contribution in [1.82, 2.24) is 0 Å². The average Bonchev–Trinajstić information content (AvgIpc) is 3.48. The van der Waals surface area contributed by atoms with Gasteiger partial charge in [0.05, 0.1) is 28.5 Å². The van der Waals surface area contributed by atoms with Gasteiger partial charge < -0.3 is 29.9 Å². The monoisotopic (exact) mass is 528 g/mol. The molecule has 4 fully saturated rings. The van der Waals surface area contributed by atoms with Crippen molar-refractivity contribution in [3.05, 3.63) is 22.8 Å². The zero-order chi connectivity index (χ0) is 27.4. The quantitative estimate of drug-likeness (QED) is 0.278. The molecule has 2 bridgehead atoms. The minimum atomic E-state index is -1.58. The van der Waals surface area contributed by atoms with E-state index in [1.807, 2.05) is 13.8 Å². The first-order valence-electron chi connectivity index (χ1n) is 14.3. The molecule has 2 heterocycles. The standard InChI is InChI=1S/C30H40O8/c1-13-14-6-8-28(4,35)19-17-11-26(2,21(19)22(14)37-24(13)32)12-30(17)15-7-9-27(3,34)16-10-18(31)29(5,36)20(16)23(15)38-25(30)33/h10,13-15,17-18,20,22-23,31,34-36H,6-9,11-12H2,1-5H3. The second kappa shape index (κ2) is 7.12. The lowest BCUT2D eigenvalue weighted by molar-refractivity contribution is -0.156. The summed E-state index contributed by atoms with van der Waals surface area (Å²) in [4.78, 5) is 26.8. The minimum Gasteiger partial charge on any atom is -0.461 e. The Balaban J connectivity index is 1.38. The highest BCUT2D eigenvalue weighted by Crippen LogP contribution is 2.75. The Morgan fingerprint density at radius 1 is 0.947 bits per heavy atom. The number of ether oxygens (including phenoxy) is 2. The molecule has 8 nitrogen and oxygen atoms in total. The lowest BCUT2D eigenvalue weighted by atomic mass is 9.57. The maximum absolute atomic E-state index is 14.1. The van der Waals surface area contributed by atoms with Crippen LogP contribution in [0.3, 0.4) is 0 Å². The summed E-state index contributed by atoms with van der Waals surface area (Å²) in [5.41, 5.74) is -2.92. The summed E-state index contributed by atoms with van der Waals surface area (Å²) >= 11 is 0. The van der Waals surface area contributed by atoms with E-state index in [4.69, 9.17) is 9.47 Å². The van der Waals surface area contributed by atoms with Gasteiger partial charge in [-0.3, -0.25) is 9.59 Å². The molecule has 7 aliphatic rings. The number of aliphatic hydroxyl groups is 4. The van der Waals surface area contributed by atoms with Crippen LogP contribution >= 0.6 is 0 Å². The average molecular weight is 529 g/mol. The number of fused-ring (bicyclic) bond motifs is 11. The fourth-order valence-corrected chi connectivity index (χ4v) is 10.4. The predicted molar refractivity (Wildman–Crippen MR) is 134 cm³/mol. The third-order valence-corrected chi connectivity index (χ3v) is 12.2. The van der Waals surface area contributed by atoms with Crippen LogP contribution in [0.15, 0.2) is 22.8 Å². The van der Waals surface area contributed by atoms with Gasteiger partial charge in [-0.05, 0) is 81.4 Å². The topological polar surface area (TPSA) is 134 Å². The van der Waals surface area contributed by atoms with Gasteiger partial charge in [0.25, 0.3) is 0 Å². The van der Waals surface area contributed by atoms with Gasteiger partial charge in [-0.1, -0.05) is 19.9 Å². The Labute approximate surface area is 223 Å². The lowest BCUT2D eigenvalue weighted by Gasteiger charge is -2.45. The van der Waals surface area contributed by atoms with E-state index in [-0.39, 0.29) is 41.7 Å². The molecule has 4 N–H and O–H groups in total. The van der Waals surface area contributed by atoms with Crippen molar-refractivity contribution in [1.29, 1.82) is 0 Å². The van der Waals surface area contributed by atoms with E-state index in [1.54, 1.807) is 19.9 Å². The van der Waals surface area contributed by atoms with Gasteiger partial charge >= 0.3 is 11.9 Å². The molecule has 0 aromatic carbocycles. The van der Waals surface area contributed by atoms with E-state index in [1.165, 1.54) is 0 Å². The highest BCUT2D eigenvalue weighted by molar-refractivity contribution is 5.83. The molecule has 8 heteroatoms. The summed E-state index contributed by atoms with van der Waals surface area (Å²) in [6, 6.07) is 0. The number of rotatable bonds is 0. The largest absolute Gasteiger partial charge is 0.461 e. The summed E-state index contributed by atoms with van der Waals surface area (Å²) in [5, 5.41) is 45.5. The van der Waals surface area contributed by atoms with Crippen LogP contribution in [-0.4, -0.2) is 67.5 Å². The van der Waals surface area contributed by atoms with Crippen LogP contribution in [0.25, 0.3) is 0 Å². The second-order valence-corrected chi connectivity index (χ2v) is 14.5. The third kappa shape index (κ3) is 2.76. The highest BCUT2D eigenvalue weighted by Gasteiger charge is 2.76. The Hall–Kier alpha value is -1.74. The molecule has 0 aromatic rings. The zero-order valence-corrected chi connectivity index (χ0v) is 22.9. The second-order valence-electron chi connectivity index (χ2n) is 14.5. The van der Waals surface area contributed by atoms with E-state index in [0.29, 0.717) is 44.1 Å². The Morgan fingerprint density at radius 3 is 2.34 bits per heavy atom. The SMILES string of the molecule is CC1C(=O)OC2C3=C(C4CC3(C)CC43C(=O)OC4C5C(=CC(O)C5(C)O)C(C)(O)CCC43)C(C)(O)CCC12. The van der Waals surface area contributed by atoms with E-state index in [2.05, 4.69) is 6.92 Å². The molecule has 13 atom stereocenters. The molecule has 2 saturated heterocycles. The van der Waals surface area contributed by atoms with Crippen LogP contribution in [0.1, 0.15) is 73.1 Å². The summed E-state index contributed by atoms with van der Waals surface area (Å²) in [7, 11) is 0. The first kappa shape index (κ1) is 25.2.